The molecule has 22 heteroatoms. The Morgan fingerprint density at radius 1 is 0.647 bits per heavy atom. The van der Waals surface area contributed by atoms with E-state index in [1.165, 1.54) is 46.0 Å². The number of aromatic amines is 2. The maximum atomic E-state index is 11.3. The second-order valence-corrected chi connectivity index (χ2v) is 44.9. The van der Waals surface area contributed by atoms with Crippen LogP contribution in [0.4, 0.5) is 11.4 Å². The molecule has 1 aliphatic heterocycles. The number of nitro benzene ring substituents is 2. The second kappa shape index (κ2) is 37.5. The van der Waals surface area contributed by atoms with Gasteiger partial charge in [0.05, 0.1) is 35.5 Å². The van der Waals surface area contributed by atoms with Crippen LogP contribution < -0.4 is 28.0 Å². The van der Waals surface area contributed by atoms with E-state index >= 15 is 0 Å². The van der Waals surface area contributed by atoms with Crippen molar-refractivity contribution in [3.05, 3.63) is 235 Å². The van der Waals surface area contributed by atoms with Crippen LogP contribution in [0.15, 0.2) is 182 Å². The van der Waals surface area contributed by atoms with E-state index in [4.69, 9.17) is 37.4 Å². The van der Waals surface area contributed by atoms with Crippen LogP contribution in [0.5, 0.6) is 11.5 Å². The van der Waals surface area contributed by atoms with Gasteiger partial charge >= 0.3 is 50.5 Å². The number of H-pyrrole nitrogens is 2. The number of aliphatic hydroxyl groups is 1. The minimum Gasteiger partial charge on any atom is -0.492 e. The van der Waals surface area contributed by atoms with Crippen molar-refractivity contribution in [3.8, 4) is 11.5 Å². The summed E-state index contributed by atoms with van der Waals surface area (Å²) in [6.07, 6.45) is -0.904. The number of nitro groups is 2. The molecule has 0 aliphatic carbocycles. The number of alkyl halides is 3. The first-order chi connectivity index (χ1) is 40.9. The van der Waals surface area contributed by atoms with Crippen molar-refractivity contribution < 1.29 is 42.4 Å². The number of rotatable bonds is 18. The van der Waals surface area contributed by atoms with Crippen molar-refractivity contribution in [2.24, 2.45) is 0 Å². The maximum absolute atomic E-state index is 11.3. The van der Waals surface area contributed by atoms with E-state index in [-0.39, 0.29) is 34.1 Å². The van der Waals surface area contributed by atoms with Crippen molar-refractivity contribution in [2.75, 3.05) is 39.5 Å². The van der Waals surface area contributed by atoms with Gasteiger partial charge in [0, 0.05) is 93.5 Å². The zero-order valence-electron chi connectivity index (χ0n) is 46.5. The molecule has 11 rings (SSSR count). The van der Waals surface area contributed by atoms with E-state index in [1.807, 2.05) is 72.8 Å². The Hall–Kier alpha value is -3.44. The molecule has 3 heterocycles. The van der Waals surface area contributed by atoms with Gasteiger partial charge in [-0.05, 0) is 77.7 Å². The molecule has 14 nitrogen and oxygen atoms in total. The Morgan fingerprint density at radius 2 is 1.09 bits per heavy atom. The fourth-order valence-corrected chi connectivity index (χ4v) is 9.00. The van der Waals surface area contributed by atoms with Crippen LogP contribution in [-0.4, -0.2) is 75.1 Å². The van der Waals surface area contributed by atoms with Gasteiger partial charge in [0.2, 0.25) is 0 Å². The molecule has 0 bridgehead atoms. The van der Waals surface area contributed by atoms with Crippen LogP contribution in [0.25, 0.3) is 43.6 Å². The normalized spacial score (nSPS) is 12.7. The van der Waals surface area contributed by atoms with E-state index in [0.29, 0.717) is 51.7 Å². The zero-order valence-corrected chi connectivity index (χ0v) is 60.9. The first-order valence-corrected chi connectivity index (χ1v) is 43.7. The molecule has 1 aliphatic rings. The van der Waals surface area contributed by atoms with Gasteiger partial charge in [-0.15, -0.1) is 0 Å². The Morgan fingerprint density at radius 3 is 1.60 bits per heavy atom. The zero-order chi connectivity index (χ0) is 61.3. The van der Waals surface area contributed by atoms with Gasteiger partial charge in [-0.1, -0.05) is 214 Å². The monoisotopic (exact) mass is 1860 g/mol. The van der Waals surface area contributed by atoms with E-state index in [0.717, 1.165) is 69.0 Å². The van der Waals surface area contributed by atoms with Crippen molar-refractivity contribution in [2.45, 2.75) is 51.9 Å². The van der Waals surface area contributed by atoms with Gasteiger partial charge in [-0.2, -0.15) is 0 Å². The molecule has 1 saturated heterocycles. The summed E-state index contributed by atoms with van der Waals surface area (Å²) in [5.41, 5.74) is 7.74. The fourth-order valence-electron chi connectivity index (χ4n) is 8.62. The Labute approximate surface area is 575 Å². The van der Waals surface area contributed by atoms with Crippen molar-refractivity contribution >= 4 is 183 Å². The number of fused-ring (bicyclic) bond motifs is 6. The molecule has 0 amide bonds. The number of halogens is 8. The Balaban J connectivity index is 0.000000204. The molecular weight excluding hydrogens is 1800 g/mol. The van der Waals surface area contributed by atoms with E-state index < -0.39 is 16.0 Å². The Bertz CT molecular complexity index is 3660. The topological polar surface area (TPSA) is 184 Å². The molecule has 4 N–H and O–H groups in total. The van der Waals surface area contributed by atoms with Gasteiger partial charge in [0.1, 0.15) is 40.9 Å². The summed E-state index contributed by atoms with van der Waals surface area (Å²) in [4.78, 5) is 29.7. The van der Waals surface area contributed by atoms with Crippen LogP contribution in [0.1, 0.15) is 55.2 Å². The Kier molecular flexibility index (Phi) is 31.2. The molecule has 0 spiro atoms. The first-order valence-electron chi connectivity index (χ1n) is 26.7. The van der Waals surface area contributed by atoms with Crippen LogP contribution in [0.2, 0.25) is 10.0 Å². The molecule has 2 aromatic heterocycles. The van der Waals surface area contributed by atoms with Gasteiger partial charge in [0.15, 0.2) is 0 Å². The predicted molar refractivity (Wildman–Crippen MR) is 387 cm³/mol. The summed E-state index contributed by atoms with van der Waals surface area (Å²) in [6, 6.07) is 58.3. The largest absolute Gasteiger partial charge is 0.492 e. The number of nitrogens with zero attached hydrogens (tertiary/aromatic N) is 3. The van der Waals surface area contributed by atoms with Crippen LogP contribution in [-0.2, 0) is 17.8 Å². The number of hydrogen-bond donors (Lipinski definition) is 4. The number of ether oxygens (including phenoxy) is 3. The molecule has 85 heavy (non-hydrogen) atoms. The smallest absolute Gasteiger partial charge is 0.288 e. The summed E-state index contributed by atoms with van der Waals surface area (Å²) in [5, 5.41) is 41.1. The molecule has 1 fully saturated rings. The summed E-state index contributed by atoms with van der Waals surface area (Å²) in [5.74, 6) is 1.66. The van der Waals surface area contributed by atoms with Gasteiger partial charge < -0.3 is 34.6 Å². The van der Waals surface area contributed by atoms with Crippen LogP contribution in [0, 0.1) is 20.2 Å². The average molecular weight is 1860 g/mol. The summed E-state index contributed by atoms with van der Waals surface area (Å²) in [7, 11) is 0. The standard InChI is InChI=1S/C29H26ClN3O4.C21H20N2O.C8H6ClNO3.C3H7I.C2H4I2.I3/c30-25-13-10-21(16-28(25)33(35)36)29(34)19-32(18-20-6-2-1-3-7-20)14-15-37-22-11-12-24-23-8-4-5-9-26(23)31-27(24)17-22;1-2-6-16(7-3-1)15-22-12-13-24-17-10-11-19-18-8-4-5-9-20(18)23-21(19)14-17;9-6-2-1-5(8-4-13-8)3-7(6)10(11)12;1-3(2)4;1-2(3)4;1-3-2/h1-13,16-17,29,31,34H,14-15,18-19H2;1-11,14,22-23H,12-13,15H2;1-3,8H,4H2;3H,1-2H3;2H,1H3;/q;;;;;-1/t29-;;8-;;;/m0.0.../s1. The molecule has 0 radical (unpaired) electrons. The minimum atomic E-state index is -0.928. The number of aromatic nitrogens is 2. The third-order valence-electron chi connectivity index (χ3n) is 12.5. The molecule has 8 aromatic carbocycles. The SMILES string of the molecule is CC(C)I.CC(I)I.I[I-]I.O=[N+]([O-])c1cc([C@@H](O)CN(CCOc2ccc3c(c2)[nH]c2ccccc23)Cc2ccccc2)ccc1Cl.O=[N+]([O-])c1cc([C@@H]2CO2)ccc1Cl.c1ccc(CNCCOc2ccc3c(c2)[nH]c2ccccc23)cc1. The average Bonchev–Trinajstić information content (AvgIpc) is 2.21. The number of para-hydroxylation sites is 2. The predicted octanol–water partition coefficient (Wildman–Crippen LogP) is 16.1. The number of aliphatic hydroxyl groups excluding tert-OH is 1. The quantitative estimate of drug-likeness (QED) is 0.0161. The molecular formula is C63H63Cl2I6N6O8-. The van der Waals surface area contributed by atoms with Gasteiger partial charge in [-0.25, -0.2) is 0 Å². The number of hydrogen-bond acceptors (Lipinski definition) is 10. The second-order valence-electron chi connectivity index (χ2n) is 19.2. The molecule has 450 valence electrons. The summed E-state index contributed by atoms with van der Waals surface area (Å²) in [6.45, 7) is 11.2. The van der Waals surface area contributed by atoms with Crippen molar-refractivity contribution in [1.82, 2.24) is 20.2 Å². The van der Waals surface area contributed by atoms with E-state index in [9.17, 15) is 25.3 Å². The van der Waals surface area contributed by atoms with Crippen LogP contribution in [0.3, 0.4) is 0 Å². The third-order valence-corrected chi connectivity index (χ3v) is 13.1. The third kappa shape index (κ3) is 24.1. The summed E-state index contributed by atoms with van der Waals surface area (Å²) < 4.78 is 18.5. The van der Waals surface area contributed by atoms with Crippen molar-refractivity contribution in [1.29, 1.82) is 0 Å². The number of benzene rings is 8. The fraction of sp³-hybridized carbons (Fsp3) is 0.238. The molecule has 0 saturated carbocycles. The van der Waals surface area contributed by atoms with E-state index in [2.05, 4.69) is 219 Å². The van der Waals surface area contributed by atoms with Gasteiger partial charge in [-0.3, -0.25) is 25.1 Å². The number of nitrogens with one attached hydrogen (secondary N) is 3. The van der Waals surface area contributed by atoms with Crippen LogP contribution >= 0.6 is 128 Å². The minimum absolute atomic E-state index is 0.0240. The molecule has 2 atom stereocenters. The van der Waals surface area contributed by atoms with Gasteiger partial charge in [0.25, 0.3) is 11.4 Å². The maximum Gasteiger partial charge on any atom is 0.288 e. The first kappa shape index (κ1) is 70.6. The summed E-state index contributed by atoms with van der Waals surface area (Å²) >= 11 is 23.9. The van der Waals surface area contributed by atoms with E-state index in [1.54, 1.807) is 12.1 Å². The number of epoxide rings is 1. The molecule has 0 unspecified atom stereocenters. The molecule has 10 aromatic rings. The van der Waals surface area contributed by atoms with Crippen molar-refractivity contribution in [3.63, 3.8) is 0 Å².